The Morgan fingerprint density at radius 2 is 2.18 bits per heavy atom. The summed E-state index contributed by atoms with van der Waals surface area (Å²) in [5.74, 6) is -1.52. The van der Waals surface area contributed by atoms with Crippen molar-refractivity contribution in [2.45, 2.75) is 44.4 Å². The van der Waals surface area contributed by atoms with E-state index in [0.29, 0.717) is 6.42 Å². The lowest BCUT2D eigenvalue weighted by Gasteiger charge is -2.26. The van der Waals surface area contributed by atoms with Crippen LogP contribution in [0.25, 0.3) is 0 Å². The van der Waals surface area contributed by atoms with Gasteiger partial charge in [0.25, 0.3) is 0 Å². The van der Waals surface area contributed by atoms with E-state index in [1.807, 2.05) is 6.92 Å². The lowest BCUT2D eigenvalue weighted by molar-refractivity contribution is -0.151. The van der Waals surface area contributed by atoms with E-state index in [0.717, 1.165) is 6.42 Å². The van der Waals surface area contributed by atoms with Crippen LogP contribution in [0.3, 0.4) is 0 Å². The number of amides is 1. The van der Waals surface area contributed by atoms with Gasteiger partial charge in [-0.15, -0.1) is 0 Å². The smallest absolute Gasteiger partial charge is 0.331 e. The molecular formula is C11H19NO5. The number of rotatable bonds is 5. The van der Waals surface area contributed by atoms with Crippen LogP contribution in [-0.4, -0.2) is 48.4 Å². The molecule has 1 heterocycles. The van der Waals surface area contributed by atoms with E-state index < -0.39 is 23.5 Å². The number of carbonyl (C=O) groups is 2. The minimum Gasteiger partial charge on any atom is -0.479 e. The van der Waals surface area contributed by atoms with Crippen molar-refractivity contribution >= 4 is 11.9 Å². The lowest BCUT2D eigenvalue weighted by Crippen LogP contribution is -2.57. The predicted molar refractivity (Wildman–Crippen MR) is 59.6 cm³/mol. The summed E-state index contributed by atoms with van der Waals surface area (Å²) in [5.41, 5.74) is -1.42. The Balaban J connectivity index is 2.61. The average molecular weight is 245 g/mol. The van der Waals surface area contributed by atoms with Crippen LogP contribution in [0.15, 0.2) is 0 Å². The van der Waals surface area contributed by atoms with E-state index in [1.54, 1.807) is 0 Å². The second kappa shape index (κ2) is 5.46. The standard InChI is InChI=1S/C11H19NO5/c1-7-4-5-8(17-7)9(13)12-11(2,6-16-3)10(14)15/h7-8H,4-6H2,1-3H3,(H,12,13)(H,14,15). The molecule has 0 radical (unpaired) electrons. The highest BCUT2D eigenvalue weighted by atomic mass is 16.5. The zero-order chi connectivity index (χ0) is 13.1. The second-order valence-corrected chi connectivity index (χ2v) is 4.57. The molecule has 1 saturated heterocycles. The fourth-order valence-electron chi connectivity index (χ4n) is 1.79. The summed E-state index contributed by atoms with van der Waals surface area (Å²) in [6.45, 7) is 3.21. The van der Waals surface area contributed by atoms with Gasteiger partial charge in [0.15, 0.2) is 5.54 Å². The Morgan fingerprint density at radius 1 is 1.53 bits per heavy atom. The van der Waals surface area contributed by atoms with Gasteiger partial charge in [-0.3, -0.25) is 4.79 Å². The molecule has 0 spiro atoms. The van der Waals surface area contributed by atoms with Crippen molar-refractivity contribution in [2.24, 2.45) is 0 Å². The van der Waals surface area contributed by atoms with Crippen molar-refractivity contribution in [1.29, 1.82) is 0 Å². The molecule has 1 aliphatic heterocycles. The predicted octanol–water partition coefficient (Wildman–Crippen LogP) is 0.160. The molecule has 0 aromatic rings. The quantitative estimate of drug-likeness (QED) is 0.720. The molecule has 3 unspecified atom stereocenters. The number of aliphatic carboxylic acids is 1. The molecule has 98 valence electrons. The topological polar surface area (TPSA) is 84.9 Å². The Hall–Kier alpha value is -1.14. The second-order valence-electron chi connectivity index (χ2n) is 4.57. The van der Waals surface area contributed by atoms with Crippen molar-refractivity contribution in [1.82, 2.24) is 5.32 Å². The van der Waals surface area contributed by atoms with Gasteiger partial charge in [-0.1, -0.05) is 0 Å². The zero-order valence-corrected chi connectivity index (χ0v) is 10.4. The van der Waals surface area contributed by atoms with E-state index in [-0.39, 0.29) is 12.7 Å². The van der Waals surface area contributed by atoms with Crippen LogP contribution < -0.4 is 5.32 Å². The van der Waals surface area contributed by atoms with E-state index in [9.17, 15) is 9.59 Å². The molecule has 6 nitrogen and oxygen atoms in total. The third kappa shape index (κ3) is 3.41. The Kier molecular flexibility index (Phi) is 4.47. The fourth-order valence-corrected chi connectivity index (χ4v) is 1.79. The SMILES string of the molecule is COCC(C)(NC(=O)C1CCC(C)O1)C(=O)O. The molecule has 1 rings (SSSR count). The maximum absolute atomic E-state index is 11.8. The van der Waals surface area contributed by atoms with Crippen molar-refractivity contribution < 1.29 is 24.2 Å². The van der Waals surface area contributed by atoms with E-state index in [4.69, 9.17) is 14.6 Å². The van der Waals surface area contributed by atoms with Crippen LogP contribution in [0.2, 0.25) is 0 Å². The van der Waals surface area contributed by atoms with Gasteiger partial charge in [-0.2, -0.15) is 0 Å². The molecule has 0 aliphatic carbocycles. The number of carboxylic acid groups (broad SMARTS) is 1. The maximum atomic E-state index is 11.8. The largest absolute Gasteiger partial charge is 0.479 e. The number of methoxy groups -OCH3 is 1. The summed E-state index contributed by atoms with van der Waals surface area (Å²) in [6.07, 6.45) is 0.923. The molecule has 1 amide bonds. The van der Waals surface area contributed by atoms with Gasteiger partial charge >= 0.3 is 5.97 Å². The molecule has 0 aromatic carbocycles. The molecule has 0 bridgehead atoms. The summed E-state index contributed by atoms with van der Waals surface area (Å²) in [5, 5.41) is 11.5. The first kappa shape index (κ1) is 13.9. The highest BCUT2D eigenvalue weighted by Crippen LogP contribution is 2.20. The number of carbonyl (C=O) groups excluding carboxylic acids is 1. The number of ether oxygens (including phenoxy) is 2. The van der Waals surface area contributed by atoms with Crippen LogP contribution in [0, 0.1) is 0 Å². The third-order valence-corrected chi connectivity index (χ3v) is 2.83. The fraction of sp³-hybridized carbons (Fsp3) is 0.818. The van der Waals surface area contributed by atoms with Crippen molar-refractivity contribution in [2.75, 3.05) is 13.7 Å². The maximum Gasteiger partial charge on any atom is 0.331 e. The Labute approximate surface area is 100 Å². The van der Waals surface area contributed by atoms with Crippen LogP contribution in [0.4, 0.5) is 0 Å². The van der Waals surface area contributed by atoms with Gasteiger partial charge in [-0.25, -0.2) is 4.79 Å². The number of hydrogen-bond acceptors (Lipinski definition) is 4. The third-order valence-electron chi connectivity index (χ3n) is 2.83. The van der Waals surface area contributed by atoms with Gasteiger partial charge in [0.1, 0.15) is 6.10 Å². The van der Waals surface area contributed by atoms with E-state index in [1.165, 1.54) is 14.0 Å². The van der Waals surface area contributed by atoms with Crippen LogP contribution in [-0.2, 0) is 19.1 Å². The van der Waals surface area contributed by atoms with Crippen molar-refractivity contribution in [3.8, 4) is 0 Å². The monoisotopic (exact) mass is 245 g/mol. The number of nitrogens with one attached hydrogen (secondary N) is 1. The molecule has 6 heteroatoms. The van der Waals surface area contributed by atoms with Crippen molar-refractivity contribution in [3.05, 3.63) is 0 Å². The van der Waals surface area contributed by atoms with Crippen LogP contribution >= 0.6 is 0 Å². The normalized spacial score (nSPS) is 27.5. The average Bonchev–Trinajstić information content (AvgIpc) is 2.65. The molecule has 17 heavy (non-hydrogen) atoms. The molecule has 1 fully saturated rings. The number of hydrogen-bond donors (Lipinski definition) is 2. The van der Waals surface area contributed by atoms with Gasteiger partial charge in [-0.05, 0) is 26.7 Å². The summed E-state index contributed by atoms with van der Waals surface area (Å²) >= 11 is 0. The highest BCUT2D eigenvalue weighted by molar-refractivity contribution is 5.89. The van der Waals surface area contributed by atoms with Gasteiger partial charge in [0.2, 0.25) is 5.91 Å². The summed E-state index contributed by atoms with van der Waals surface area (Å²) in [6, 6.07) is 0. The van der Waals surface area contributed by atoms with Crippen molar-refractivity contribution in [3.63, 3.8) is 0 Å². The van der Waals surface area contributed by atoms with Gasteiger partial charge in [0, 0.05) is 7.11 Å². The summed E-state index contributed by atoms with van der Waals surface area (Å²) in [7, 11) is 1.39. The van der Waals surface area contributed by atoms with E-state index >= 15 is 0 Å². The molecular weight excluding hydrogens is 226 g/mol. The summed E-state index contributed by atoms with van der Waals surface area (Å²) < 4.78 is 10.2. The first-order valence-corrected chi connectivity index (χ1v) is 5.59. The molecule has 1 aliphatic rings. The minimum atomic E-state index is -1.42. The molecule has 0 aromatic heterocycles. The zero-order valence-electron chi connectivity index (χ0n) is 10.4. The molecule has 0 saturated carbocycles. The molecule has 2 N–H and O–H groups in total. The molecule has 3 atom stereocenters. The number of carboxylic acids is 1. The minimum absolute atomic E-state index is 0.0456. The highest BCUT2D eigenvalue weighted by Gasteiger charge is 2.38. The van der Waals surface area contributed by atoms with Gasteiger partial charge in [0.05, 0.1) is 12.7 Å². The summed E-state index contributed by atoms with van der Waals surface area (Å²) in [4.78, 5) is 22.9. The lowest BCUT2D eigenvalue weighted by atomic mass is 10.0. The first-order chi connectivity index (χ1) is 7.89. The Morgan fingerprint density at radius 3 is 2.59 bits per heavy atom. The van der Waals surface area contributed by atoms with Crippen LogP contribution in [0.5, 0.6) is 0 Å². The Bertz CT molecular complexity index is 306. The van der Waals surface area contributed by atoms with E-state index in [2.05, 4.69) is 5.32 Å². The van der Waals surface area contributed by atoms with Gasteiger partial charge < -0.3 is 19.9 Å². The van der Waals surface area contributed by atoms with Crippen LogP contribution in [0.1, 0.15) is 26.7 Å². The first-order valence-electron chi connectivity index (χ1n) is 5.59.